The van der Waals surface area contributed by atoms with Crippen LogP contribution in [0.1, 0.15) is 29.8 Å². The molecule has 2 aliphatic heterocycles. The molecule has 0 atom stereocenters. The summed E-state index contributed by atoms with van der Waals surface area (Å²) < 4.78 is 54.7. The predicted molar refractivity (Wildman–Crippen MR) is 103 cm³/mol. The number of carbonyl (C=O) groups excluding carboxylic acids is 1. The largest absolute Gasteiger partial charge is 0.438 e. The van der Waals surface area contributed by atoms with Crippen molar-refractivity contribution >= 4 is 25.8 Å². The number of piperazine rings is 1. The molecule has 0 saturated carbocycles. The van der Waals surface area contributed by atoms with Crippen molar-refractivity contribution in [2.75, 3.05) is 57.8 Å². The summed E-state index contributed by atoms with van der Waals surface area (Å²) in [6.45, 7) is 3.42. The third kappa shape index (κ3) is 5.13. The van der Waals surface area contributed by atoms with E-state index in [-0.39, 0.29) is 22.5 Å². The van der Waals surface area contributed by atoms with E-state index in [0.29, 0.717) is 45.8 Å². The lowest BCUT2D eigenvalue weighted by atomic mass is 10.2. The Labute approximate surface area is 166 Å². The summed E-state index contributed by atoms with van der Waals surface area (Å²) in [5.74, 6) is -0.236. The third-order valence-electron chi connectivity index (χ3n) is 5.14. The Balaban J connectivity index is 1.59. The minimum Gasteiger partial charge on any atom is -0.438 e. The highest BCUT2D eigenvalue weighted by Crippen LogP contribution is 2.23. The molecule has 0 spiro atoms. The SMILES string of the molecule is CS(=O)(=O)CCN1CCN(C(=O)c2ccc(S(=O)(=O)N3CCCCC3)o2)CC1. The molecule has 9 nitrogen and oxygen atoms in total. The van der Waals surface area contributed by atoms with Crippen molar-refractivity contribution in [1.29, 1.82) is 0 Å². The number of nitrogens with zero attached hydrogens (tertiary/aromatic N) is 3. The normalized spacial score (nSPS) is 20.4. The summed E-state index contributed by atoms with van der Waals surface area (Å²) in [5, 5.41) is -0.190. The Hall–Kier alpha value is -1.43. The van der Waals surface area contributed by atoms with Crippen molar-refractivity contribution < 1.29 is 26.0 Å². The molecule has 1 aromatic rings. The van der Waals surface area contributed by atoms with Crippen molar-refractivity contribution in [2.45, 2.75) is 24.4 Å². The molecule has 0 bridgehead atoms. The molecule has 2 fully saturated rings. The second-order valence-electron chi connectivity index (χ2n) is 7.35. The van der Waals surface area contributed by atoms with Crippen molar-refractivity contribution in [3.63, 3.8) is 0 Å². The number of hydrogen-bond donors (Lipinski definition) is 0. The number of carbonyl (C=O) groups is 1. The highest BCUT2D eigenvalue weighted by Gasteiger charge is 2.31. The van der Waals surface area contributed by atoms with Gasteiger partial charge in [0.05, 0.1) is 5.75 Å². The van der Waals surface area contributed by atoms with E-state index in [1.165, 1.54) is 22.7 Å². The van der Waals surface area contributed by atoms with Gasteiger partial charge in [0.2, 0.25) is 5.09 Å². The van der Waals surface area contributed by atoms with Crippen LogP contribution in [0.5, 0.6) is 0 Å². The van der Waals surface area contributed by atoms with E-state index in [2.05, 4.69) is 0 Å². The molecule has 0 N–H and O–H groups in total. The number of piperidine rings is 1. The first-order chi connectivity index (χ1) is 13.2. The van der Waals surface area contributed by atoms with E-state index in [1.54, 1.807) is 4.90 Å². The summed E-state index contributed by atoms with van der Waals surface area (Å²) in [5.41, 5.74) is 0. The van der Waals surface area contributed by atoms with Gasteiger partial charge in [-0.1, -0.05) is 6.42 Å². The van der Waals surface area contributed by atoms with Crippen LogP contribution in [0.3, 0.4) is 0 Å². The van der Waals surface area contributed by atoms with Crippen molar-refractivity contribution in [2.24, 2.45) is 0 Å². The number of amides is 1. The number of hydrogen-bond acceptors (Lipinski definition) is 7. The van der Waals surface area contributed by atoms with Crippen LogP contribution in [-0.2, 0) is 19.9 Å². The van der Waals surface area contributed by atoms with Gasteiger partial charge in [-0.25, -0.2) is 16.8 Å². The highest BCUT2D eigenvalue weighted by molar-refractivity contribution is 7.90. The first-order valence-electron chi connectivity index (χ1n) is 9.46. The van der Waals surface area contributed by atoms with Gasteiger partial charge in [0, 0.05) is 52.1 Å². The highest BCUT2D eigenvalue weighted by atomic mass is 32.2. The van der Waals surface area contributed by atoms with E-state index >= 15 is 0 Å². The second kappa shape index (κ2) is 8.52. The quantitative estimate of drug-likeness (QED) is 0.633. The van der Waals surface area contributed by atoms with Gasteiger partial charge in [-0.3, -0.25) is 9.69 Å². The molecule has 28 heavy (non-hydrogen) atoms. The third-order valence-corrected chi connectivity index (χ3v) is 7.84. The molecule has 0 aromatic carbocycles. The molecule has 1 aromatic heterocycles. The Morgan fingerprint density at radius 1 is 0.964 bits per heavy atom. The molecular weight excluding hydrogens is 406 g/mol. The smallest absolute Gasteiger partial charge is 0.289 e. The maximum Gasteiger partial charge on any atom is 0.289 e. The zero-order chi connectivity index (χ0) is 20.4. The van der Waals surface area contributed by atoms with Crippen LogP contribution >= 0.6 is 0 Å². The fourth-order valence-electron chi connectivity index (χ4n) is 3.43. The van der Waals surface area contributed by atoms with Gasteiger partial charge in [-0.05, 0) is 25.0 Å². The van der Waals surface area contributed by atoms with Gasteiger partial charge in [0.25, 0.3) is 15.9 Å². The molecule has 158 valence electrons. The molecule has 2 saturated heterocycles. The van der Waals surface area contributed by atoms with Crippen LogP contribution in [0.15, 0.2) is 21.6 Å². The topological polar surface area (TPSA) is 108 Å². The van der Waals surface area contributed by atoms with Crippen LogP contribution < -0.4 is 0 Å². The Bertz CT molecular complexity index is 895. The lowest BCUT2D eigenvalue weighted by Crippen LogP contribution is -2.49. The van der Waals surface area contributed by atoms with E-state index in [1.807, 2.05) is 4.90 Å². The zero-order valence-electron chi connectivity index (χ0n) is 16.0. The predicted octanol–water partition coefficient (Wildman–Crippen LogP) is 0.257. The fourth-order valence-corrected chi connectivity index (χ4v) is 5.45. The van der Waals surface area contributed by atoms with Crippen molar-refractivity contribution in [3.05, 3.63) is 17.9 Å². The first kappa shape index (κ1) is 21.3. The van der Waals surface area contributed by atoms with Gasteiger partial charge in [-0.2, -0.15) is 4.31 Å². The number of furan rings is 1. The van der Waals surface area contributed by atoms with Crippen LogP contribution in [0.2, 0.25) is 0 Å². The minimum atomic E-state index is -3.70. The molecular formula is C17H27N3O6S2. The van der Waals surface area contributed by atoms with Crippen molar-refractivity contribution in [1.82, 2.24) is 14.1 Å². The summed E-state index contributed by atoms with van der Waals surface area (Å²) in [6.07, 6.45) is 3.88. The first-order valence-corrected chi connectivity index (χ1v) is 13.0. The summed E-state index contributed by atoms with van der Waals surface area (Å²) in [6, 6.07) is 2.76. The standard InChI is InChI=1S/C17H27N3O6S2/c1-27(22,23)14-13-18-9-11-19(12-10-18)17(21)15-5-6-16(26-15)28(24,25)20-7-3-2-4-8-20/h5-6H,2-4,7-14H2,1H3. The van der Waals surface area contributed by atoms with Gasteiger partial charge in [0.15, 0.2) is 5.76 Å². The molecule has 0 aliphatic carbocycles. The average molecular weight is 434 g/mol. The molecule has 3 rings (SSSR count). The van der Waals surface area contributed by atoms with Crippen LogP contribution in [-0.4, -0.2) is 94.7 Å². The molecule has 2 aliphatic rings. The van der Waals surface area contributed by atoms with Crippen LogP contribution in [0.25, 0.3) is 0 Å². The average Bonchev–Trinajstić information content (AvgIpc) is 3.17. The maximum atomic E-state index is 12.6. The van der Waals surface area contributed by atoms with E-state index < -0.39 is 19.9 Å². The summed E-state index contributed by atoms with van der Waals surface area (Å²) in [7, 11) is -6.72. The second-order valence-corrected chi connectivity index (χ2v) is 11.5. The van der Waals surface area contributed by atoms with Crippen LogP contribution in [0, 0.1) is 0 Å². The summed E-state index contributed by atoms with van der Waals surface area (Å²) >= 11 is 0. The molecule has 0 radical (unpaired) electrons. The van der Waals surface area contributed by atoms with Gasteiger partial charge >= 0.3 is 0 Å². The van der Waals surface area contributed by atoms with E-state index in [9.17, 15) is 21.6 Å². The van der Waals surface area contributed by atoms with Gasteiger partial charge in [-0.15, -0.1) is 0 Å². The number of sulfonamides is 1. The molecule has 11 heteroatoms. The van der Waals surface area contributed by atoms with Crippen molar-refractivity contribution in [3.8, 4) is 0 Å². The van der Waals surface area contributed by atoms with E-state index in [0.717, 1.165) is 19.3 Å². The number of rotatable bonds is 6. The molecule has 3 heterocycles. The molecule has 1 amide bonds. The minimum absolute atomic E-state index is 0.0140. The monoisotopic (exact) mass is 433 g/mol. The lowest BCUT2D eigenvalue weighted by Gasteiger charge is -2.34. The molecule has 0 unspecified atom stereocenters. The fraction of sp³-hybridized carbons (Fsp3) is 0.706. The number of sulfone groups is 1. The van der Waals surface area contributed by atoms with Gasteiger partial charge < -0.3 is 9.32 Å². The van der Waals surface area contributed by atoms with Crippen LogP contribution in [0.4, 0.5) is 0 Å². The Morgan fingerprint density at radius 3 is 2.21 bits per heavy atom. The Kier molecular flexibility index (Phi) is 6.47. The summed E-state index contributed by atoms with van der Waals surface area (Å²) in [4.78, 5) is 16.3. The lowest BCUT2D eigenvalue weighted by molar-refractivity contribution is 0.0607. The van der Waals surface area contributed by atoms with E-state index in [4.69, 9.17) is 4.42 Å². The Morgan fingerprint density at radius 2 is 1.61 bits per heavy atom. The van der Waals surface area contributed by atoms with Gasteiger partial charge in [0.1, 0.15) is 9.84 Å². The zero-order valence-corrected chi connectivity index (χ0v) is 17.7. The maximum absolute atomic E-state index is 12.6.